The Morgan fingerprint density at radius 2 is 2.00 bits per heavy atom. The molecule has 22 heavy (non-hydrogen) atoms. The molecule has 1 saturated carbocycles. The third-order valence-corrected chi connectivity index (χ3v) is 4.48. The number of hydrogen-bond acceptors (Lipinski definition) is 3. The minimum Gasteiger partial charge on any atom is -0.375 e. The average Bonchev–Trinajstić information content (AvgIpc) is 2.44. The number of rotatable bonds is 4. The summed E-state index contributed by atoms with van der Waals surface area (Å²) in [6, 6.07) is -0.288. The van der Waals surface area contributed by atoms with Gasteiger partial charge in [0.05, 0.1) is 19.3 Å². The normalized spacial score (nSPS) is 26.8. The van der Waals surface area contributed by atoms with Crippen LogP contribution in [0.4, 0.5) is 13.2 Å². The molecule has 2 rings (SSSR count). The van der Waals surface area contributed by atoms with Gasteiger partial charge in [-0.15, -0.1) is 0 Å². The smallest absolute Gasteiger partial charge is 0.375 e. The van der Waals surface area contributed by atoms with Crippen molar-refractivity contribution in [2.45, 2.75) is 63.9 Å². The number of ether oxygens (including phenoxy) is 1. The number of fused-ring (bicyclic) bond motifs is 1. The largest absolute Gasteiger partial charge is 0.406 e. The van der Waals surface area contributed by atoms with E-state index in [1.807, 2.05) is 4.90 Å². The monoisotopic (exact) mass is 322 g/mol. The van der Waals surface area contributed by atoms with Crippen LogP contribution in [0.3, 0.4) is 0 Å². The standard InChI is InChI=1S/C15H25F3N2O2/c1-11(2)20(10-15(16,17)18)14(21)9-19-7-8-22-13-6-4-3-5-12(13)19/h11-13H,3-10H2,1-2H3/t12-,13+/m0/s1. The first-order chi connectivity index (χ1) is 10.3. The molecule has 1 heterocycles. The molecule has 7 heteroatoms. The van der Waals surface area contributed by atoms with Crippen LogP contribution in [0, 0.1) is 0 Å². The van der Waals surface area contributed by atoms with Crippen molar-refractivity contribution in [3.63, 3.8) is 0 Å². The fourth-order valence-electron chi connectivity index (χ4n) is 3.39. The van der Waals surface area contributed by atoms with Gasteiger partial charge in [0.2, 0.25) is 5.91 Å². The predicted octanol–water partition coefficient (Wildman–Crippen LogP) is 2.43. The maximum atomic E-state index is 12.6. The Labute approximate surface area is 129 Å². The molecule has 1 saturated heterocycles. The van der Waals surface area contributed by atoms with Crippen molar-refractivity contribution in [1.82, 2.24) is 9.80 Å². The van der Waals surface area contributed by atoms with E-state index in [0.29, 0.717) is 13.2 Å². The highest BCUT2D eigenvalue weighted by Gasteiger charge is 2.38. The maximum Gasteiger partial charge on any atom is 0.406 e. The van der Waals surface area contributed by atoms with Gasteiger partial charge in [-0.3, -0.25) is 9.69 Å². The minimum absolute atomic E-state index is 0.0544. The van der Waals surface area contributed by atoms with Crippen LogP contribution >= 0.6 is 0 Å². The SMILES string of the molecule is CC(C)N(CC(F)(F)F)C(=O)CN1CCO[C@@H]2CCCC[C@@H]21. The van der Waals surface area contributed by atoms with Crippen molar-refractivity contribution in [2.24, 2.45) is 0 Å². The summed E-state index contributed by atoms with van der Waals surface area (Å²) in [5, 5.41) is 0. The molecular formula is C15H25F3N2O2. The number of carbonyl (C=O) groups excluding carboxylic acids is 1. The van der Waals surface area contributed by atoms with Gasteiger partial charge in [0.15, 0.2) is 0 Å². The molecule has 0 aromatic heterocycles. The molecule has 0 spiro atoms. The Bertz CT molecular complexity index is 385. The van der Waals surface area contributed by atoms with Crippen molar-refractivity contribution in [2.75, 3.05) is 26.2 Å². The van der Waals surface area contributed by atoms with E-state index >= 15 is 0 Å². The van der Waals surface area contributed by atoms with Gasteiger partial charge in [-0.05, 0) is 26.7 Å². The summed E-state index contributed by atoms with van der Waals surface area (Å²) in [5.74, 6) is -0.446. The summed E-state index contributed by atoms with van der Waals surface area (Å²) < 4.78 is 43.7. The van der Waals surface area contributed by atoms with Crippen molar-refractivity contribution in [3.05, 3.63) is 0 Å². The number of morpholine rings is 1. The van der Waals surface area contributed by atoms with Crippen molar-refractivity contribution < 1.29 is 22.7 Å². The van der Waals surface area contributed by atoms with Crippen LogP contribution in [0.1, 0.15) is 39.5 Å². The van der Waals surface area contributed by atoms with Gasteiger partial charge in [0, 0.05) is 18.6 Å². The minimum atomic E-state index is -4.36. The Morgan fingerprint density at radius 1 is 1.32 bits per heavy atom. The van der Waals surface area contributed by atoms with Gasteiger partial charge in [-0.2, -0.15) is 13.2 Å². The van der Waals surface area contributed by atoms with E-state index in [-0.39, 0.29) is 18.7 Å². The molecule has 2 aliphatic rings. The first kappa shape index (κ1) is 17.5. The Balaban J connectivity index is 1.99. The van der Waals surface area contributed by atoms with Crippen molar-refractivity contribution >= 4 is 5.91 Å². The van der Waals surface area contributed by atoms with Crippen LogP contribution in [0.15, 0.2) is 0 Å². The van der Waals surface area contributed by atoms with E-state index in [0.717, 1.165) is 30.6 Å². The average molecular weight is 322 g/mol. The fraction of sp³-hybridized carbons (Fsp3) is 0.933. The topological polar surface area (TPSA) is 32.8 Å². The summed E-state index contributed by atoms with van der Waals surface area (Å²) in [5.41, 5.74) is 0. The molecule has 1 aliphatic carbocycles. The molecule has 2 fully saturated rings. The number of amides is 1. The van der Waals surface area contributed by atoms with E-state index in [4.69, 9.17) is 4.74 Å². The van der Waals surface area contributed by atoms with Crippen LogP contribution in [0.2, 0.25) is 0 Å². The van der Waals surface area contributed by atoms with Gasteiger partial charge in [0.1, 0.15) is 6.54 Å². The summed E-state index contributed by atoms with van der Waals surface area (Å²) in [6.07, 6.45) is -0.0884. The second-order valence-corrected chi connectivity index (χ2v) is 6.46. The molecule has 0 N–H and O–H groups in total. The first-order valence-electron chi connectivity index (χ1n) is 8.00. The number of nitrogens with zero attached hydrogens (tertiary/aromatic N) is 2. The molecular weight excluding hydrogens is 297 g/mol. The van der Waals surface area contributed by atoms with E-state index in [1.54, 1.807) is 13.8 Å². The highest BCUT2D eigenvalue weighted by molar-refractivity contribution is 5.78. The second kappa shape index (κ2) is 7.17. The van der Waals surface area contributed by atoms with Crippen LogP contribution in [0.25, 0.3) is 0 Å². The molecule has 1 aliphatic heterocycles. The summed E-state index contributed by atoms with van der Waals surface area (Å²) in [7, 11) is 0. The van der Waals surface area contributed by atoms with Crippen molar-refractivity contribution in [1.29, 1.82) is 0 Å². The van der Waals surface area contributed by atoms with E-state index in [2.05, 4.69) is 0 Å². The molecule has 128 valence electrons. The van der Waals surface area contributed by atoms with E-state index < -0.39 is 24.7 Å². The molecule has 0 unspecified atom stereocenters. The molecule has 0 radical (unpaired) electrons. The van der Waals surface area contributed by atoms with E-state index in [1.165, 1.54) is 0 Å². The third kappa shape index (κ3) is 4.59. The van der Waals surface area contributed by atoms with Gasteiger partial charge < -0.3 is 9.64 Å². The summed E-state index contributed by atoms with van der Waals surface area (Å²) in [6.45, 7) is 3.28. The molecule has 0 aromatic rings. The van der Waals surface area contributed by atoms with E-state index in [9.17, 15) is 18.0 Å². The molecule has 4 nitrogen and oxygen atoms in total. The third-order valence-electron chi connectivity index (χ3n) is 4.48. The van der Waals surface area contributed by atoms with Gasteiger partial charge in [0.25, 0.3) is 0 Å². The summed E-state index contributed by atoms with van der Waals surface area (Å²) >= 11 is 0. The highest BCUT2D eigenvalue weighted by Crippen LogP contribution is 2.28. The predicted molar refractivity (Wildman–Crippen MR) is 76.5 cm³/mol. The first-order valence-corrected chi connectivity index (χ1v) is 8.00. The van der Waals surface area contributed by atoms with Crippen LogP contribution in [-0.2, 0) is 9.53 Å². The highest BCUT2D eigenvalue weighted by atomic mass is 19.4. The van der Waals surface area contributed by atoms with Crippen LogP contribution < -0.4 is 0 Å². The fourth-order valence-corrected chi connectivity index (χ4v) is 3.39. The maximum absolute atomic E-state index is 12.6. The lowest BCUT2D eigenvalue weighted by molar-refractivity contribution is -0.167. The zero-order valence-electron chi connectivity index (χ0n) is 13.2. The lowest BCUT2D eigenvalue weighted by Crippen LogP contribution is -2.56. The Hall–Kier alpha value is -0.820. The quantitative estimate of drug-likeness (QED) is 0.797. The number of halogens is 3. The number of hydrogen-bond donors (Lipinski definition) is 0. The molecule has 0 aromatic carbocycles. The molecule has 0 bridgehead atoms. The zero-order valence-corrected chi connectivity index (χ0v) is 13.2. The summed E-state index contributed by atoms with van der Waals surface area (Å²) in [4.78, 5) is 15.3. The molecule has 2 atom stereocenters. The lowest BCUT2D eigenvalue weighted by Gasteiger charge is -2.44. The lowest BCUT2D eigenvalue weighted by atomic mass is 9.90. The van der Waals surface area contributed by atoms with Crippen molar-refractivity contribution in [3.8, 4) is 0 Å². The number of carbonyl (C=O) groups is 1. The van der Waals surface area contributed by atoms with Crippen LogP contribution in [-0.4, -0.2) is 66.3 Å². The van der Waals surface area contributed by atoms with Gasteiger partial charge in [-0.25, -0.2) is 0 Å². The Morgan fingerprint density at radius 3 is 2.64 bits per heavy atom. The second-order valence-electron chi connectivity index (χ2n) is 6.46. The molecule has 1 amide bonds. The van der Waals surface area contributed by atoms with Gasteiger partial charge in [-0.1, -0.05) is 12.8 Å². The number of alkyl halides is 3. The van der Waals surface area contributed by atoms with Crippen LogP contribution in [0.5, 0.6) is 0 Å². The Kier molecular flexibility index (Phi) is 5.71. The zero-order chi connectivity index (χ0) is 16.3. The van der Waals surface area contributed by atoms with Gasteiger partial charge >= 0.3 is 6.18 Å².